The highest BCUT2D eigenvalue weighted by atomic mass is 32.2. The van der Waals surface area contributed by atoms with E-state index in [9.17, 15) is 8.42 Å². The first kappa shape index (κ1) is 18.0. The Hall–Kier alpha value is -3.11. The summed E-state index contributed by atoms with van der Waals surface area (Å²) in [5, 5.41) is 0. The smallest absolute Gasteiger partial charge is 0.245 e. The number of nitrogens with zero attached hydrogens (tertiary/aromatic N) is 1. The minimum Gasteiger partial charge on any atom is -0.245 e. The highest BCUT2D eigenvalue weighted by molar-refractivity contribution is 7.90. The monoisotopic (exact) mass is 399 g/mol. The van der Waals surface area contributed by atoms with E-state index in [0.717, 1.165) is 39.9 Å². The Balaban J connectivity index is 1.70. The molecule has 0 amide bonds. The van der Waals surface area contributed by atoms with E-state index < -0.39 is 10.0 Å². The Morgan fingerprint density at radius 2 is 1.52 bits per heavy atom. The largest absolute Gasteiger partial charge is 0.267 e. The topological polar surface area (TPSA) is 39.1 Å². The van der Waals surface area contributed by atoms with Gasteiger partial charge >= 0.3 is 0 Å². The summed E-state index contributed by atoms with van der Waals surface area (Å²) in [5.74, 6) is 0. The van der Waals surface area contributed by atoms with Gasteiger partial charge in [0.25, 0.3) is 10.0 Å². The Labute approximate surface area is 171 Å². The summed E-state index contributed by atoms with van der Waals surface area (Å²) in [7, 11) is -3.67. The van der Waals surface area contributed by atoms with Gasteiger partial charge in [-0.05, 0) is 41.3 Å². The molecule has 144 valence electrons. The second-order valence-corrected chi connectivity index (χ2v) is 9.39. The van der Waals surface area contributed by atoms with E-state index in [2.05, 4.69) is 12.1 Å². The van der Waals surface area contributed by atoms with E-state index in [1.807, 2.05) is 67.7 Å². The third-order valence-electron chi connectivity index (χ3n) is 5.65. The van der Waals surface area contributed by atoms with Crippen LogP contribution in [-0.4, -0.2) is 12.4 Å². The fraction of sp³-hybridized carbons (Fsp3) is 0.120. The summed E-state index contributed by atoms with van der Waals surface area (Å²) in [6, 6.07) is 25.4. The maximum Gasteiger partial charge on any atom is 0.267 e. The fourth-order valence-electron chi connectivity index (χ4n) is 4.13. The molecule has 0 radical (unpaired) electrons. The average molecular weight is 400 g/mol. The number of aromatic nitrogens is 1. The quantitative estimate of drug-likeness (QED) is 0.417. The molecule has 0 unspecified atom stereocenters. The molecule has 0 saturated heterocycles. The molecule has 1 aliphatic rings. The van der Waals surface area contributed by atoms with Crippen molar-refractivity contribution in [3.63, 3.8) is 0 Å². The summed E-state index contributed by atoms with van der Waals surface area (Å²) in [6.07, 6.45) is 3.16. The standard InChI is InChI=1S/C25H21NO2S/c1-18-11-13-21(14-12-18)29(27,28)26-17-24-22-10-6-5-9-20(22)16-23(24)25(26)15-19-7-3-2-4-8-19/h2-14,17H,15-16H2,1H3. The highest BCUT2D eigenvalue weighted by Crippen LogP contribution is 2.41. The third kappa shape index (κ3) is 3.00. The number of hydrogen-bond acceptors (Lipinski definition) is 2. The van der Waals surface area contributed by atoms with Crippen LogP contribution in [0.25, 0.3) is 11.1 Å². The van der Waals surface area contributed by atoms with Gasteiger partial charge < -0.3 is 0 Å². The normalized spacial score (nSPS) is 12.6. The van der Waals surface area contributed by atoms with Crippen LogP contribution in [0, 0.1) is 6.92 Å². The molecule has 0 aliphatic heterocycles. The molecule has 0 atom stereocenters. The molecule has 0 saturated carbocycles. The molecule has 0 N–H and O–H groups in total. The molecular weight excluding hydrogens is 378 g/mol. The lowest BCUT2D eigenvalue weighted by molar-refractivity contribution is 0.585. The summed E-state index contributed by atoms with van der Waals surface area (Å²) >= 11 is 0. The minimum absolute atomic E-state index is 0.319. The van der Waals surface area contributed by atoms with Gasteiger partial charge in [0.05, 0.1) is 4.90 Å². The molecule has 0 fully saturated rings. The lowest BCUT2D eigenvalue weighted by atomic mass is 10.0. The SMILES string of the molecule is Cc1ccc(S(=O)(=O)n2cc3c(c2Cc2ccccc2)Cc2ccccc2-3)cc1. The first-order chi connectivity index (χ1) is 14.0. The summed E-state index contributed by atoms with van der Waals surface area (Å²) in [5.41, 5.74) is 7.53. The predicted octanol–water partition coefficient (Wildman–Crippen LogP) is 5.20. The van der Waals surface area contributed by atoms with Gasteiger partial charge in [0.2, 0.25) is 0 Å². The van der Waals surface area contributed by atoms with E-state index in [1.54, 1.807) is 12.1 Å². The molecule has 1 aliphatic carbocycles. The van der Waals surface area contributed by atoms with Crippen molar-refractivity contribution in [1.82, 2.24) is 3.97 Å². The molecule has 0 bridgehead atoms. The number of rotatable bonds is 4. The van der Waals surface area contributed by atoms with Gasteiger partial charge in [-0.1, -0.05) is 72.3 Å². The molecule has 3 aromatic carbocycles. The molecule has 4 heteroatoms. The molecule has 29 heavy (non-hydrogen) atoms. The van der Waals surface area contributed by atoms with E-state index in [-0.39, 0.29) is 0 Å². The van der Waals surface area contributed by atoms with Crippen molar-refractivity contribution in [2.75, 3.05) is 0 Å². The van der Waals surface area contributed by atoms with Crippen LogP contribution in [-0.2, 0) is 22.9 Å². The van der Waals surface area contributed by atoms with Crippen molar-refractivity contribution in [1.29, 1.82) is 0 Å². The Morgan fingerprint density at radius 1 is 0.828 bits per heavy atom. The zero-order valence-corrected chi connectivity index (χ0v) is 17.0. The highest BCUT2D eigenvalue weighted by Gasteiger charge is 2.30. The van der Waals surface area contributed by atoms with E-state index in [0.29, 0.717) is 11.3 Å². The van der Waals surface area contributed by atoms with Crippen molar-refractivity contribution in [3.8, 4) is 11.1 Å². The van der Waals surface area contributed by atoms with E-state index >= 15 is 0 Å². The van der Waals surface area contributed by atoms with Crippen LogP contribution in [0.1, 0.15) is 27.9 Å². The van der Waals surface area contributed by atoms with Gasteiger partial charge in [-0.25, -0.2) is 12.4 Å². The number of fused-ring (bicyclic) bond motifs is 3. The first-order valence-electron chi connectivity index (χ1n) is 9.71. The van der Waals surface area contributed by atoms with Gasteiger partial charge in [0.1, 0.15) is 0 Å². The summed E-state index contributed by atoms with van der Waals surface area (Å²) in [6.45, 7) is 1.96. The second kappa shape index (κ2) is 6.75. The zero-order valence-electron chi connectivity index (χ0n) is 16.2. The van der Waals surface area contributed by atoms with E-state index in [4.69, 9.17) is 0 Å². The molecule has 1 aromatic heterocycles. The molecular formula is C25H21NO2S. The van der Waals surface area contributed by atoms with Crippen molar-refractivity contribution in [2.45, 2.75) is 24.7 Å². The lowest BCUT2D eigenvalue weighted by Gasteiger charge is -2.13. The maximum atomic E-state index is 13.5. The Kier molecular flexibility index (Phi) is 4.18. The molecule has 3 nitrogen and oxygen atoms in total. The van der Waals surface area contributed by atoms with Crippen LogP contribution in [0.15, 0.2) is 90.0 Å². The zero-order chi connectivity index (χ0) is 20.0. The van der Waals surface area contributed by atoms with Gasteiger partial charge in [0.15, 0.2) is 0 Å². The lowest BCUT2D eigenvalue weighted by Crippen LogP contribution is -2.16. The number of hydrogen-bond donors (Lipinski definition) is 0. The van der Waals surface area contributed by atoms with Gasteiger partial charge in [0, 0.05) is 30.3 Å². The molecule has 4 aromatic rings. The van der Waals surface area contributed by atoms with Crippen molar-refractivity contribution >= 4 is 10.0 Å². The summed E-state index contributed by atoms with van der Waals surface area (Å²) < 4.78 is 28.6. The second-order valence-electron chi connectivity index (χ2n) is 7.58. The Morgan fingerprint density at radius 3 is 2.28 bits per heavy atom. The average Bonchev–Trinajstić information content (AvgIpc) is 3.26. The fourth-order valence-corrected chi connectivity index (χ4v) is 5.55. The van der Waals surface area contributed by atoms with Crippen LogP contribution in [0.5, 0.6) is 0 Å². The Bertz CT molecular complexity index is 1300. The van der Waals surface area contributed by atoms with Crippen LogP contribution < -0.4 is 0 Å². The van der Waals surface area contributed by atoms with Gasteiger partial charge in [-0.2, -0.15) is 0 Å². The van der Waals surface area contributed by atoms with Crippen molar-refractivity contribution in [3.05, 3.63) is 113 Å². The van der Waals surface area contributed by atoms with Gasteiger partial charge in [-0.15, -0.1) is 0 Å². The molecule has 0 spiro atoms. The van der Waals surface area contributed by atoms with Crippen LogP contribution in [0.3, 0.4) is 0 Å². The maximum absolute atomic E-state index is 13.5. The predicted molar refractivity (Wildman–Crippen MR) is 116 cm³/mol. The van der Waals surface area contributed by atoms with Crippen molar-refractivity contribution < 1.29 is 8.42 Å². The van der Waals surface area contributed by atoms with E-state index in [1.165, 1.54) is 9.54 Å². The van der Waals surface area contributed by atoms with Gasteiger partial charge in [-0.3, -0.25) is 0 Å². The molecule has 1 heterocycles. The summed E-state index contributed by atoms with van der Waals surface area (Å²) in [4.78, 5) is 0.319. The molecule has 5 rings (SSSR count). The number of benzene rings is 3. The van der Waals surface area contributed by atoms with Crippen LogP contribution in [0.4, 0.5) is 0 Å². The number of aryl methyl sites for hydroxylation is 1. The first-order valence-corrected chi connectivity index (χ1v) is 11.2. The van der Waals surface area contributed by atoms with Crippen LogP contribution >= 0.6 is 0 Å². The minimum atomic E-state index is -3.67. The third-order valence-corrected chi connectivity index (χ3v) is 7.36. The van der Waals surface area contributed by atoms with Crippen molar-refractivity contribution in [2.24, 2.45) is 0 Å². The van der Waals surface area contributed by atoms with Crippen LogP contribution in [0.2, 0.25) is 0 Å².